The molecule has 19 heavy (non-hydrogen) atoms. The van der Waals surface area contributed by atoms with E-state index in [-0.39, 0.29) is 17.4 Å². The standard InChI is InChI=1S/C14H23N3OS/c1-9-8-15-6-7-17(9)12(18)11-10(2)16-13(19-11)14(3,4)5/h9,15H,6-8H2,1-5H3/t9-/m1/s1. The summed E-state index contributed by atoms with van der Waals surface area (Å²) in [5.41, 5.74) is 0.869. The highest BCUT2D eigenvalue weighted by molar-refractivity contribution is 7.14. The quantitative estimate of drug-likeness (QED) is 0.858. The number of hydrogen-bond donors (Lipinski definition) is 1. The second kappa shape index (κ2) is 5.21. The highest BCUT2D eigenvalue weighted by atomic mass is 32.1. The fourth-order valence-corrected chi connectivity index (χ4v) is 3.27. The van der Waals surface area contributed by atoms with Crippen LogP contribution in [0.4, 0.5) is 0 Å². The van der Waals surface area contributed by atoms with E-state index in [0.29, 0.717) is 0 Å². The van der Waals surface area contributed by atoms with Crippen LogP contribution in [0.15, 0.2) is 0 Å². The van der Waals surface area contributed by atoms with Crippen molar-refractivity contribution in [3.63, 3.8) is 0 Å². The molecule has 1 aromatic heterocycles. The first-order valence-electron chi connectivity index (χ1n) is 6.80. The Morgan fingerprint density at radius 3 is 2.68 bits per heavy atom. The number of carbonyl (C=O) groups excluding carboxylic acids is 1. The number of rotatable bonds is 1. The van der Waals surface area contributed by atoms with E-state index in [1.165, 1.54) is 0 Å². The van der Waals surface area contributed by atoms with Crippen LogP contribution < -0.4 is 5.32 Å². The Hall–Kier alpha value is -0.940. The van der Waals surface area contributed by atoms with Crippen LogP contribution in [0.1, 0.15) is 48.1 Å². The molecule has 5 heteroatoms. The molecule has 0 spiro atoms. The number of nitrogens with one attached hydrogen (secondary N) is 1. The van der Waals surface area contributed by atoms with Crippen LogP contribution in [0, 0.1) is 6.92 Å². The Morgan fingerprint density at radius 2 is 2.16 bits per heavy atom. The fourth-order valence-electron chi connectivity index (χ4n) is 2.19. The van der Waals surface area contributed by atoms with E-state index in [9.17, 15) is 4.79 Å². The van der Waals surface area contributed by atoms with E-state index < -0.39 is 0 Å². The average Bonchev–Trinajstić information content (AvgIpc) is 2.71. The summed E-state index contributed by atoms with van der Waals surface area (Å²) in [7, 11) is 0. The molecule has 0 aromatic carbocycles. The lowest BCUT2D eigenvalue weighted by atomic mass is 9.98. The number of aromatic nitrogens is 1. The monoisotopic (exact) mass is 281 g/mol. The normalized spacial score (nSPS) is 20.7. The number of carbonyl (C=O) groups is 1. The van der Waals surface area contributed by atoms with E-state index in [1.54, 1.807) is 11.3 Å². The van der Waals surface area contributed by atoms with Crippen molar-refractivity contribution in [1.82, 2.24) is 15.2 Å². The molecule has 0 radical (unpaired) electrons. The van der Waals surface area contributed by atoms with Crippen molar-refractivity contribution in [1.29, 1.82) is 0 Å². The lowest BCUT2D eigenvalue weighted by Gasteiger charge is -2.33. The summed E-state index contributed by atoms with van der Waals surface area (Å²) in [5.74, 6) is 0.138. The van der Waals surface area contributed by atoms with Gasteiger partial charge in [-0.2, -0.15) is 0 Å². The van der Waals surface area contributed by atoms with Gasteiger partial charge in [0.1, 0.15) is 4.88 Å². The third-order valence-corrected chi connectivity index (χ3v) is 4.97. The van der Waals surface area contributed by atoms with Crippen LogP contribution >= 0.6 is 11.3 Å². The largest absolute Gasteiger partial charge is 0.333 e. The van der Waals surface area contributed by atoms with Gasteiger partial charge in [0.05, 0.1) is 10.7 Å². The van der Waals surface area contributed by atoms with Crippen molar-refractivity contribution in [2.75, 3.05) is 19.6 Å². The van der Waals surface area contributed by atoms with Crippen molar-refractivity contribution in [2.45, 2.75) is 46.1 Å². The summed E-state index contributed by atoms with van der Waals surface area (Å²) < 4.78 is 0. The number of aryl methyl sites for hydroxylation is 1. The zero-order valence-corrected chi connectivity index (χ0v) is 13.2. The topological polar surface area (TPSA) is 45.2 Å². The Bertz CT molecular complexity index is 476. The van der Waals surface area contributed by atoms with Gasteiger partial charge in [0.15, 0.2) is 0 Å². The second-order valence-electron chi connectivity index (χ2n) is 6.24. The summed E-state index contributed by atoms with van der Waals surface area (Å²) in [4.78, 5) is 20.0. The third kappa shape index (κ3) is 2.98. The number of piperazine rings is 1. The molecule has 0 aliphatic carbocycles. The number of nitrogens with zero attached hydrogens (tertiary/aromatic N) is 2. The molecule has 1 saturated heterocycles. The van der Waals surface area contributed by atoms with E-state index in [1.807, 2.05) is 11.8 Å². The third-order valence-electron chi connectivity index (χ3n) is 3.39. The van der Waals surface area contributed by atoms with Gasteiger partial charge in [-0.05, 0) is 13.8 Å². The van der Waals surface area contributed by atoms with Gasteiger partial charge in [-0.1, -0.05) is 20.8 Å². The molecule has 1 aliphatic heterocycles. The molecule has 0 unspecified atom stereocenters. The van der Waals surface area contributed by atoms with Gasteiger partial charge in [-0.3, -0.25) is 4.79 Å². The summed E-state index contributed by atoms with van der Waals surface area (Å²) in [6.45, 7) is 12.9. The lowest BCUT2D eigenvalue weighted by molar-refractivity contribution is 0.0660. The van der Waals surface area contributed by atoms with Gasteiger partial charge in [-0.25, -0.2) is 4.98 Å². The highest BCUT2D eigenvalue weighted by Gasteiger charge is 2.29. The maximum Gasteiger partial charge on any atom is 0.266 e. The maximum absolute atomic E-state index is 12.6. The SMILES string of the molecule is Cc1nc(C(C)(C)C)sc1C(=O)N1CCNC[C@H]1C. The molecule has 1 atom stereocenters. The Morgan fingerprint density at radius 1 is 1.47 bits per heavy atom. The van der Waals surface area contributed by atoms with Crippen molar-refractivity contribution >= 4 is 17.2 Å². The van der Waals surface area contributed by atoms with E-state index in [0.717, 1.165) is 35.2 Å². The van der Waals surface area contributed by atoms with Crippen molar-refractivity contribution in [3.05, 3.63) is 15.6 Å². The molecule has 4 nitrogen and oxygen atoms in total. The van der Waals surface area contributed by atoms with Crippen LogP contribution in [0.3, 0.4) is 0 Å². The molecule has 1 fully saturated rings. The van der Waals surface area contributed by atoms with Crippen LogP contribution in [-0.4, -0.2) is 41.5 Å². The zero-order valence-electron chi connectivity index (χ0n) is 12.4. The maximum atomic E-state index is 12.6. The highest BCUT2D eigenvalue weighted by Crippen LogP contribution is 2.30. The van der Waals surface area contributed by atoms with E-state index in [4.69, 9.17) is 0 Å². The minimum atomic E-state index is 0.00300. The first-order chi connectivity index (χ1) is 8.80. The molecule has 106 valence electrons. The Labute approximate surface area is 119 Å². The molecule has 1 aromatic rings. The minimum Gasteiger partial charge on any atom is -0.333 e. The van der Waals surface area contributed by atoms with Gasteiger partial charge in [-0.15, -0.1) is 11.3 Å². The minimum absolute atomic E-state index is 0.00300. The number of thiazole rings is 1. The van der Waals surface area contributed by atoms with Crippen LogP contribution in [0.5, 0.6) is 0 Å². The second-order valence-corrected chi connectivity index (χ2v) is 7.23. The molecule has 1 N–H and O–H groups in total. The van der Waals surface area contributed by atoms with Gasteiger partial charge < -0.3 is 10.2 Å². The predicted molar refractivity (Wildman–Crippen MR) is 78.9 cm³/mol. The fraction of sp³-hybridized carbons (Fsp3) is 0.714. The van der Waals surface area contributed by atoms with E-state index >= 15 is 0 Å². The lowest BCUT2D eigenvalue weighted by Crippen LogP contribution is -2.52. The summed E-state index contributed by atoms with van der Waals surface area (Å²) in [6.07, 6.45) is 0. The summed E-state index contributed by atoms with van der Waals surface area (Å²) in [5, 5.41) is 4.35. The first-order valence-corrected chi connectivity index (χ1v) is 7.62. The summed E-state index contributed by atoms with van der Waals surface area (Å²) in [6, 6.07) is 0.251. The Kier molecular flexibility index (Phi) is 3.97. The average molecular weight is 281 g/mol. The molecule has 2 heterocycles. The molecule has 0 bridgehead atoms. The van der Waals surface area contributed by atoms with Gasteiger partial charge >= 0.3 is 0 Å². The number of amides is 1. The molecular formula is C14H23N3OS. The molecule has 1 amide bonds. The van der Waals surface area contributed by atoms with Crippen molar-refractivity contribution in [3.8, 4) is 0 Å². The summed E-state index contributed by atoms with van der Waals surface area (Å²) >= 11 is 1.55. The van der Waals surface area contributed by atoms with Gasteiger partial charge in [0, 0.05) is 31.1 Å². The molecule has 0 saturated carbocycles. The predicted octanol–water partition coefficient (Wildman–Crippen LogP) is 2.18. The molecular weight excluding hydrogens is 258 g/mol. The van der Waals surface area contributed by atoms with Crippen molar-refractivity contribution in [2.24, 2.45) is 0 Å². The van der Waals surface area contributed by atoms with Crippen molar-refractivity contribution < 1.29 is 4.79 Å². The van der Waals surface area contributed by atoms with Crippen LogP contribution in [0.2, 0.25) is 0 Å². The smallest absolute Gasteiger partial charge is 0.266 e. The first kappa shape index (κ1) is 14.5. The number of hydrogen-bond acceptors (Lipinski definition) is 4. The Balaban J connectivity index is 2.26. The van der Waals surface area contributed by atoms with Crippen LogP contribution in [-0.2, 0) is 5.41 Å². The zero-order chi connectivity index (χ0) is 14.2. The van der Waals surface area contributed by atoms with Gasteiger partial charge in [0.25, 0.3) is 5.91 Å². The molecule has 1 aliphatic rings. The van der Waals surface area contributed by atoms with Crippen LogP contribution in [0.25, 0.3) is 0 Å². The van der Waals surface area contributed by atoms with Gasteiger partial charge in [0.2, 0.25) is 0 Å². The van der Waals surface area contributed by atoms with E-state index in [2.05, 4.69) is 38.0 Å². The molecule has 2 rings (SSSR count).